The van der Waals surface area contributed by atoms with Crippen LogP contribution in [-0.4, -0.2) is 53.6 Å². The van der Waals surface area contributed by atoms with E-state index in [1.165, 1.54) is 5.56 Å². The lowest BCUT2D eigenvalue weighted by Crippen LogP contribution is -2.28. The fourth-order valence-electron chi connectivity index (χ4n) is 5.22. The number of carboxylic acids is 1. The van der Waals surface area contributed by atoms with Gasteiger partial charge in [0.15, 0.2) is 0 Å². The first-order chi connectivity index (χ1) is 16.1. The van der Waals surface area contributed by atoms with Crippen LogP contribution in [0, 0.1) is 0 Å². The molecule has 9 heteroatoms. The van der Waals surface area contributed by atoms with Crippen molar-refractivity contribution in [3.8, 4) is 17.1 Å². The van der Waals surface area contributed by atoms with Crippen LogP contribution in [0.15, 0.2) is 36.5 Å². The van der Waals surface area contributed by atoms with Gasteiger partial charge in [-0.25, -0.2) is 9.89 Å². The molecule has 2 aliphatic carbocycles. The Morgan fingerprint density at radius 2 is 1.79 bits per heavy atom. The van der Waals surface area contributed by atoms with E-state index in [2.05, 4.69) is 44.8 Å². The van der Waals surface area contributed by atoms with E-state index in [0.717, 1.165) is 62.6 Å². The first kappa shape index (κ1) is 21.6. The molecule has 33 heavy (non-hydrogen) atoms. The Balaban J connectivity index is 1.22. The zero-order chi connectivity index (χ0) is 22.8. The lowest BCUT2D eigenvalue weighted by atomic mass is 9.82. The van der Waals surface area contributed by atoms with Crippen LogP contribution in [-0.2, 0) is 0 Å². The maximum absolute atomic E-state index is 11.2. The van der Waals surface area contributed by atoms with Gasteiger partial charge >= 0.3 is 5.97 Å². The van der Waals surface area contributed by atoms with Crippen LogP contribution in [0.25, 0.3) is 11.3 Å². The summed E-state index contributed by atoms with van der Waals surface area (Å²) in [5.74, 6) is -0.613. The molecule has 5 rings (SSSR count). The first-order valence-corrected chi connectivity index (χ1v) is 11.7. The van der Waals surface area contributed by atoms with Crippen molar-refractivity contribution in [2.75, 3.05) is 0 Å². The number of ether oxygens (including phenoxy) is 1. The van der Waals surface area contributed by atoms with Gasteiger partial charge in [-0.2, -0.15) is 5.10 Å². The standard InChI is InChI=1S/C24H29N5O4/c30-21-4-2-1-3-20(21)29-19(13-14-25-29)17-7-5-15(6-8-17)16-9-11-18(12-10-16)33-23-22(24(31)32)26-28-27-23/h5-8,13-14,16,18,20-21,30H,1-4,9-12H2,(H,31,32)(H,26,27,28)/t16-,18-,20-,21-/m0/s1. The summed E-state index contributed by atoms with van der Waals surface area (Å²) in [4.78, 5) is 11.2. The molecular formula is C24H29N5O4. The molecule has 0 aliphatic heterocycles. The zero-order valence-corrected chi connectivity index (χ0v) is 18.4. The summed E-state index contributed by atoms with van der Waals surface area (Å²) in [7, 11) is 0. The highest BCUT2D eigenvalue weighted by Gasteiger charge is 2.28. The van der Waals surface area contributed by atoms with Gasteiger partial charge in [0.25, 0.3) is 5.88 Å². The third kappa shape index (κ3) is 4.50. The largest absolute Gasteiger partial charge is 0.476 e. The van der Waals surface area contributed by atoms with Gasteiger partial charge in [0.1, 0.15) is 6.10 Å². The molecule has 3 N–H and O–H groups in total. The van der Waals surface area contributed by atoms with Crippen molar-refractivity contribution in [3.63, 3.8) is 0 Å². The predicted octanol–water partition coefficient (Wildman–Crippen LogP) is 3.95. The van der Waals surface area contributed by atoms with Crippen LogP contribution >= 0.6 is 0 Å². The Labute approximate surface area is 191 Å². The molecule has 2 aromatic heterocycles. The smallest absolute Gasteiger partial charge is 0.359 e. The Morgan fingerprint density at radius 3 is 2.52 bits per heavy atom. The highest BCUT2D eigenvalue weighted by Crippen LogP contribution is 2.36. The molecule has 0 amide bonds. The fraction of sp³-hybridized carbons (Fsp3) is 0.500. The van der Waals surface area contributed by atoms with E-state index in [-0.39, 0.29) is 29.8 Å². The van der Waals surface area contributed by atoms with E-state index in [1.54, 1.807) is 0 Å². The van der Waals surface area contributed by atoms with Crippen molar-refractivity contribution >= 4 is 5.97 Å². The highest BCUT2D eigenvalue weighted by atomic mass is 16.5. The molecule has 2 heterocycles. The molecule has 174 valence electrons. The molecule has 0 spiro atoms. The molecule has 1 aromatic carbocycles. The number of carboxylic acid groups (broad SMARTS) is 1. The number of carbonyl (C=O) groups is 1. The molecule has 3 aromatic rings. The minimum atomic E-state index is -1.12. The maximum atomic E-state index is 11.2. The van der Waals surface area contributed by atoms with Gasteiger partial charge in [0, 0.05) is 6.20 Å². The third-order valence-electron chi connectivity index (χ3n) is 7.04. The van der Waals surface area contributed by atoms with Crippen molar-refractivity contribution in [1.29, 1.82) is 0 Å². The van der Waals surface area contributed by atoms with Crippen molar-refractivity contribution in [2.45, 2.75) is 75.5 Å². The second-order valence-electron chi connectivity index (χ2n) is 9.09. The number of aliphatic hydroxyl groups excluding tert-OH is 1. The van der Waals surface area contributed by atoms with Gasteiger partial charge in [-0.05, 0) is 61.6 Å². The number of aromatic amines is 1. The van der Waals surface area contributed by atoms with Crippen molar-refractivity contribution in [2.24, 2.45) is 0 Å². The SMILES string of the molecule is O=C(O)c1[nH]nnc1O[C@H]1CC[C@H](c2ccc(-c3ccnn3[C@H]3CCCC[C@@H]3O)cc2)CC1. The van der Waals surface area contributed by atoms with E-state index in [4.69, 9.17) is 9.84 Å². The zero-order valence-electron chi connectivity index (χ0n) is 18.4. The molecule has 2 aliphatic rings. The van der Waals surface area contributed by atoms with Crippen LogP contribution in [0.2, 0.25) is 0 Å². The number of aromatic nitrogens is 5. The van der Waals surface area contributed by atoms with Crippen molar-refractivity contribution in [3.05, 3.63) is 47.8 Å². The first-order valence-electron chi connectivity index (χ1n) is 11.7. The number of nitrogens with zero attached hydrogens (tertiary/aromatic N) is 4. The second-order valence-corrected chi connectivity index (χ2v) is 9.09. The monoisotopic (exact) mass is 451 g/mol. The van der Waals surface area contributed by atoms with Crippen LogP contribution in [0.1, 0.15) is 79.4 Å². The Morgan fingerprint density at radius 1 is 1.03 bits per heavy atom. The lowest BCUT2D eigenvalue weighted by molar-refractivity contribution is 0.0677. The third-order valence-corrected chi connectivity index (χ3v) is 7.04. The van der Waals surface area contributed by atoms with Crippen molar-refractivity contribution in [1.82, 2.24) is 25.2 Å². The van der Waals surface area contributed by atoms with E-state index in [1.807, 2.05) is 16.9 Å². The number of hydrogen-bond donors (Lipinski definition) is 3. The van der Waals surface area contributed by atoms with Gasteiger partial charge in [0.05, 0.1) is 17.8 Å². The number of rotatable bonds is 6. The van der Waals surface area contributed by atoms with Gasteiger partial charge in [-0.1, -0.05) is 47.4 Å². The summed E-state index contributed by atoms with van der Waals surface area (Å²) < 4.78 is 7.80. The highest BCUT2D eigenvalue weighted by molar-refractivity contribution is 5.87. The van der Waals surface area contributed by atoms with Gasteiger partial charge in [-0.3, -0.25) is 4.68 Å². The maximum Gasteiger partial charge on any atom is 0.359 e. The molecule has 2 atom stereocenters. The Bertz CT molecular complexity index is 1080. The number of aliphatic hydroxyl groups is 1. The van der Waals surface area contributed by atoms with Gasteiger partial charge in [0.2, 0.25) is 5.69 Å². The number of hydrogen-bond acceptors (Lipinski definition) is 6. The average molecular weight is 452 g/mol. The second kappa shape index (κ2) is 9.35. The molecule has 0 saturated heterocycles. The molecule has 0 bridgehead atoms. The Hall–Kier alpha value is -3.20. The Kier molecular flexibility index (Phi) is 6.13. The fourth-order valence-corrected chi connectivity index (χ4v) is 5.22. The quantitative estimate of drug-likeness (QED) is 0.518. The summed E-state index contributed by atoms with van der Waals surface area (Å²) in [6.45, 7) is 0. The average Bonchev–Trinajstić information content (AvgIpc) is 3.50. The van der Waals surface area contributed by atoms with Crippen LogP contribution in [0.5, 0.6) is 5.88 Å². The van der Waals surface area contributed by atoms with Crippen LogP contribution in [0.3, 0.4) is 0 Å². The topological polar surface area (TPSA) is 126 Å². The summed E-state index contributed by atoms with van der Waals surface area (Å²) >= 11 is 0. The molecule has 0 unspecified atom stereocenters. The van der Waals surface area contributed by atoms with E-state index < -0.39 is 5.97 Å². The molecule has 0 radical (unpaired) electrons. The van der Waals surface area contributed by atoms with Crippen LogP contribution in [0.4, 0.5) is 0 Å². The number of benzene rings is 1. The lowest BCUT2D eigenvalue weighted by Gasteiger charge is -2.29. The van der Waals surface area contributed by atoms with Gasteiger partial charge < -0.3 is 14.9 Å². The number of H-pyrrole nitrogens is 1. The minimum Gasteiger partial charge on any atom is -0.476 e. The predicted molar refractivity (Wildman–Crippen MR) is 120 cm³/mol. The summed E-state index contributed by atoms with van der Waals surface area (Å²) in [5, 5.41) is 33.8. The number of nitrogens with one attached hydrogen (secondary N) is 1. The summed E-state index contributed by atoms with van der Waals surface area (Å²) in [6, 6.07) is 10.7. The molecule has 2 fully saturated rings. The van der Waals surface area contributed by atoms with Crippen LogP contribution < -0.4 is 4.74 Å². The summed E-state index contributed by atoms with van der Waals surface area (Å²) in [5.41, 5.74) is 3.35. The number of aromatic carboxylic acids is 1. The summed E-state index contributed by atoms with van der Waals surface area (Å²) in [6.07, 6.45) is 9.04. The van der Waals surface area contributed by atoms with E-state index in [9.17, 15) is 9.90 Å². The molecule has 9 nitrogen and oxygen atoms in total. The van der Waals surface area contributed by atoms with Gasteiger partial charge in [-0.15, -0.1) is 0 Å². The molecule has 2 saturated carbocycles. The van der Waals surface area contributed by atoms with Crippen molar-refractivity contribution < 1.29 is 19.7 Å². The molecular weight excluding hydrogens is 422 g/mol. The van der Waals surface area contributed by atoms with E-state index >= 15 is 0 Å². The minimum absolute atomic E-state index is 0.0464. The van der Waals surface area contributed by atoms with E-state index in [0.29, 0.717) is 5.92 Å². The normalized spacial score (nSPS) is 25.6.